The highest BCUT2D eigenvalue weighted by atomic mass is 32.1. The lowest BCUT2D eigenvalue weighted by Gasteiger charge is -2.14. The molecule has 2 rings (SSSR count). The van der Waals surface area contributed by atoms with Gasteiger partial charge in [0.05, 0.1) is 24.0 Å². The van der Waals surface area contributed by atoms with Crippen LogP contribution in [-0.4, -0.2) is 23.7 Å². The van der Waals surface area contributed by atoms with Gasteiger partial charge in [0.25, 0.3) is 0 Å². The molecule has 0 spiro atoms. The second-order valence-electron chi connectivity index (χ2n) is 5.31. The Kier molecular flexibility index (Phi) is 5.93. The van der Waals surface area contributed by atoms with Crippen molar-refractivity contribution >= 4 is 17.3 Å². The summed E-state index contributed by atoms with van der Waals surface area (Å²) in [5, 5.41) is 10.1. The van der Waals surface area contributed by atoms with E-state index in [4.69, 9.17) is 9.47 Å². The molecular formula is C18H20N2O3S. The van der Waals surface area contributed by atoms with Crippen molar-refractivity contribution in [1.82, 2.24) is 4.98 Å². The van der Waals surface area contributed by atoms with Gasteiger partial charge in [0.1, 0.15) is 21.7 Å². The second-order valence-corrected chi connectivity index (χ2v) is 6.31. The highest BCUT2D eigenvalue weighted by Crippen LogP contribution is 2.32. The lowest BCUT2D eigenvalue weighted by atomic mass is 10.1. The standard InChI is InChI=1S/C18H20N2O3S/c1-5-11(3)23-15-8-7-13(9-14(15)10-19)17-20-12(4)16(24-17)18(21)22-6-2/h7-9,11H,5-6H2,1-4H3. The fourth-order valence-corrected chi connectivity index (χ4v) is 3.02. The minimum absolute atomic E-state index is 0.0421. The Morgan fingerprint density at radius 1 is 1.42 bits per heavy atom. The zero-order chi connectivity index (χ0) is 17.7. The van der Waals surface area contributed by atoms with Gasteiger partial charge in [-0.3, -0.25) is 0 Å². The van der Waals surface area contributed by atoms with Gasteiger partial charge in [-0.05, 0) is 45.4 Å². The molecule has 0 radical (unpaired) electrons. The molecule has 0 saturated carbocycles. The molecule has 0 aliphatic rings. The third kappa shape index (κ3) is 3.92. The minimum Gasteiger partial charge on any atom is -0.489 e. The summed E-state index contributed by atoms with van der Waals surface area (Å²) in [5.74, 6) is 0.200. The van der Waals surface area contributed by atoms with Crippen molar-refractivity contribution in [2.75, 3.05) is 6.61 Å². The number of hydrogen-bond acceptors (Lipinski definition) is 6. The van der Waals surface area contributed by atoms with Crippen LogP contribution >= 0.6 is 11.3 Å². The largest absolute Gasteiger partial charge is 0.489 e. The van der Waals surface area contributed by atoms with E-state index < -0.39 is 0 Å². The number of benzene rings is 1. The van der Waals surface area contributed by atoms with E-state index in [0.29, 0.717) is 33.5 Å². The lowest BCUT2D eigenvalue weighted by Crippen LogP contribution is -2.10. The smallest absolute Gasteiger partial charge is 0.350 e. The van der Waals surface area contributed by atoms with Crippen LogP contribution in [0.5, 0.6) is 5.75 Å². The van der Waals surface area contributed by atoms with Crippen LogP contribution in [0.15, 0.2) is 18.2 Å². The lowest BCUT2D eigenvalue weighted by molar-refractivity contribution is 0.0531. The number of ether oxygens (including phenoxy) is 2. The SMILES string of the molecule is CCOC(=O)c1sc(-c2ccc(OC(C)CC)c(C#N)c2)nc1C. The van der Waals surface area contributed by atoms with E-state index in [2.05, 4.69) is 11.1 Å². The van der Waals surface area contributed by atoms with E-state index in [1.54, 1.807) is 26.0 Å². The molecule has 0 amide bonds. The molecule has 126 valence electrons. The minimum atomic E-state index is -0.365. The Morgan fingerprint density at radius 2 is 2.17 bits per heavy atom. The molecule has 1 aromatic carbocycles. The van der Waals surface area contributed by atoms with E-state index in [1.807, 2.05) is 19.9 Å². The van der Waals surface area contributed by atoms with Gasteiger partial charge < -0.3 is 9.47 Å². The number of nitriles is 1. The van der Waals surface area contributed by atoms with Crippen LogP contribution in [0.2, 0.25) is 0 Å². The van der Waals surface area contributed by atoms with Crippen LogP contribution in [-0.2, 0) is 4.74 Å². The summed E-state index contributed by atoms with van der Waals surface area (Å²) < 4.78 is 10.8. The number of rotatable bonds is 6. The average Bonchev–Trinajstić information content (AvgIpc) is 2.97. The molecule has 1 heterocycles. The molecule has 6 heteroatoms. The van der Waals surface area contributed by atoms with Crippen molar-refractivity contribution in [3.8, 4) is 22.4 Å². The van der Waals surface area contributed by atoms with E-state index >= 15 is 0 Å². The van der Waals surface area contributed by atoms with Crippen LogP contribution in [0.1, 0.15) is 48.1 Å². The van der Waals surface area contributed by atoms with E-state index in [1.165, 1.54) is 11.3 Å². The van der Waals surface area contributed by atoms with Crippen molar-refractivity contribution in [2.45, 2.75) is 40.2 Å². The third-order valence-electron chi connectivity index (χ3n) is 3.51. The summed E-state index contributed by atoms with van der Waals surface area (Å²) in [4.78, 5) is 16.8. The van der Waals surface area contributed by atoms with Crippen LogP contribution in [0.4, 0.5) is 0 Å². The zero-order valence-electron chi connectivity index (χ0n) is 14.3. The van der Waals surface area contributed by atoms with E-state index in [9.17, 15) is 10.1 Å². The number of esters is 1. The van der Waals surface area contributed by atoms with Crippen molar-refractivity contribution in [1.29, 1.82) is 5.26 Å². The number of carbonyl (C=O) groups excluding carboxylic acids is 1. The average molecular weight is 344 g/mol. The Hall–Kier alpha value is -2.39. The second kappa shape index (κ2) is 7.93. The van der Waals surface area contributed by atoms with E-state index in [-0.39, 0.29) is 12.1 Å². The fraction of sp³-hybridized carbons (Fsp3) is 0.389. The predicted molar refractivity (Wildman–Crippen MR) is 93.3 cm³/mol. The molecule has 1 aromatic heterocycles. The van der Waals surface area contributed by atoms with Crippen molar-refractivity contribution in [3.63, 3.8) is 0 Å². The first kappa shape index (κ1) is 18.0. The normalized spacial score (nSPS) is 11.6. The maximum Gasteiger partial charge on any atom is 0.350 e. The predicted octanol–water partition coefficient (Wildman–Crippen LogP) is 4.34. The van der Waals surface area contributed by atoms with E-state index in [0.717, 1.165) is 12.0 Å². The number of carbonyl (C=O) groups is 1. The van der Waals surface area contributed by atoms with Gasteiger partial charge in [0, 0.05) is 5.56 Å². The van der Waals surface area contributed by atoms with Gasteiger partial charge >= 0.3 is 5.97 Å². The number of thiazole rings is 1. The van der Waals surface area contributed by atoms with Crippen molar-refractivity contribution < 1.29 is 14.3 Å². The summed E-state index contributed by atoms with van der Waals surface area (Å²) in [7, 11) is 0. The Labute approximate surface area is 145 Å². The molecule has 0 saturated heterocycles. The first-order valence-electron chi connectivity index (χ1n) is 7.85. The van der Waals surface area contributed by atoms with Crippen molar-refractivity contribution in [2.24, 2.45) is 0 Å². The molecule has 0 bridgehead atoms. The summed E-state index contributed by atoms with van der Waals surface area (Å²) in [5.41, 5.74) is 1.87. The van der Waals surface area contributed by atoms with Crippen molar-refractivity contribution in [3.05, 3.63) is 34.3 Å². The summed E-state index contributed by atoms with van der Waals surface area (Å²) in [6.45, 7) is 7.86. The van der Waals surface area contributed by atoms with Gasteiger partial charge in [-0.1, -0.05) is 6.92 Å². The number of aromatic nitrogens is 1. The van der Waals surface area contributed by atoms with Gasteiger partial charge in [0.2, 0.25) is 0 Å². The molecule has 2 aromatic rings. The summed E-state index contributed by atoms with van der Waals surface area (Å²) in [6.07, 6.45) is 0.904. The quantitative estimate of drug-likeness (QED) is 0.729. The maximum atomic E-state index is 11.9. The molecule has 0 fully saturated rings. The molecule has 0 N–H and O–H groups in total. The fourth-order valence-electron chi connectivity index (χ4n) is 2.06. The molecule has 0 aliphatic carbocycles. The molecular weight excluding hydrogens is 324 g/mol. The van der Waals surface area contributed by atoms with Crippen LogP contribution in [0.25, 0.3) is 10.6 Å². The highest BCUT2D eigenvalue weighted by Gasteiger charge is 2.18. The first-order valence-corrected chi connectivity index (χ1v) is 8.67. The first-order chi connectivity index (χ1) is 11.5. The Morgan fingerprint density at radius 3 is 2.79 bits per heavy atom. The van der Waals surface area contributed by atoms with Crippen LogP contribution in [0, 0.1) is 18.3 Å². The van der Waals surface area contributed by atoms with Gasteiger partial charge in [-0.15, -0.1) is 11.3 Å². The molecule has 0 aliphatic heterocycles. The zero-order valence-corrected chi connectivity index (χ0v) is 15.1. The summed E-state index contributed by atoms with van der Waals surface area (Å²) in [6, 6.07) is 7.53. The topological polar surface area (TPSA) is 72.2 Å². The monoisotopic (exact) mass is 344 g/mol. The third-order valence-corrected chi connectivity index (χ3v) is 4.69. The van der Waals surface area contributed by atoms with Gasteiger partial charge in [0.15, 0.2) is 0 Å². The molecule has 5 nitrogen and oxygen atoms in total. The number of aryl methyl sites for hydroxylation is 1. The Bertz CT molecular complexity index is 777. The van der Waals surface area contributed by atoms with Gasteiger partial charge in [-0.25, -0.2) is 9.78 Å². The van der Waals surface area contributed by atoms with Gasteiger partial charge in [-0.2, -0.15) is 5.26 Å². The van der Waals surface area contributed by atoms with Crippen LogP contribution < -0.4 is 4.74 Å². The number of nitrogens with zero attached hydrogens (tertiary/aromatic N) is 2. The van der Waals surface area contributed by atoms with Crippen LogP contribution in [0.3, 0.4) is 0 Å². The molecule has 1 atom stereocenters. The summed E-state index contributed by atoms with van der Waals surface area (Å²) >= 11 is 1.27. The number of hydrogen-bond donors (Lipinski definition) is 0. The maximum absolute atomic E-state index is 11.9. The molecule has 1 unspecified atom stereocenters. The Balaban J connectivity index is 2.35. The molecule has 24 heavy (non-hydrogen) atoms. The highest BCUT2D eigenvalue weighted by molar-refractivity contribution is 7.17.